The highest BCUT2D eigenvalue weighted by atomic mass is 16.1. The van der Waals surface area contributed by atoms with E-state index in [0.29, 0.717) is 11.1 Å². The number of hydrogen-bond donors (Lipinski definition) is 0. The summed E-state index contributed by atoms with van der Waals surface area (Å²) in [6.45, 7) is 1.93. The Hall–Kier alpha value is -2.22. The van der Waals surface area contributed by atoms with E-state index in [2.05, 4.69) is 0 Å². The molecule has 17 heavy (non-hydrogen) atoms. The quantitative estimate of drug-likeness (QED) is 0.593. The molecule has 0 bridgehead atoms. The lowest BCUT2D eigenvalue weighted by Gasteiger charge is -2.05. The van der Waals surface area contributed by atoms with E-state index in [1.807, 2.05) is 37.3 Å². The molecule has 2 heteroatoms. The van der Waals surface area contributed by atoms with E-state index in [1.54, 1.807) is 6.07 Å². The maximum absolute atomic E-state index is 12.2. The number of benzene rings is 2. The van der Waals surface area contributed by atoms with Crippen molar-refractivity contribution in [3.05, 3.63) is 58.7 Å². The van der Waals surface area contributed by atoms with E-state index < -0.39 is 0 Å². The molecule has 0 saturated heterocycles. The molecule has 2 aromatic carbocycles. The second kappa shape index (κ2) is 3.39. The van der Waals surface area contributed by atoms with Gasteiger partial charge in [0.05, 0.1) is 0 Å². The normalized spacial score (nSPS) is 12.2. The van der Waals surface area contributed by atoms with Crippen LogP contribution in [0.2, 0.25) is 0 Å². The van der Waals surface area contributed by atoms with Crippen LogP contribution in [-0.2, 0) is 0 Å². The summed E-state index contributed by atoms with van der Waals surface area (Å²) in [4.78, 5) is 23.0. The standard InChI is InChI=1S/C15H10O2/c1-9-6-10(8-16)7-13-14(9)11-4-2-3-5-12(11)15(13)17/h2-8H,1H3. The van der Waals surface area contributed by atoms with E-state index >= 15 is 0 Å². The fourth-order valence-electron chi connectivity index (χ4n) is 2.46. The lowest BCUT2D eigenvalue weighted by Crippen LogP contribution is -1.96. The molecule has 0 aliphatic heterocycles. The zero-order valence-corrected chi connectivity index (χ0v) is 9.36. The molecule has 3 rings (SSSR count). The van der Waals surface area contributed by atoms with Crippen molar-refractivity contribution in [1.82, 2.24) is 0 Å². The number of carbonyl (C=O) groups is 2. The first-order valence-corrected chi connectivity index (χ1v) is 5.46. The Balaban J connectivity index is 2.39. The van der Waals surface area contributed by atoms with Gasteiger partial charge in [0, 0.05) is 16.7 Å². The summed E-state index contributed by atoms with van der Waals surface area (Å²) >= 11 is 0. The van der Waals surface area contributed by atoms with Crippen molar-refractivity contribution in [2.24, 2.45) is 0 Å². The SMILES string of the molecule is Cc1cc(C=O)cc2c1-c1ccccc1C2=O. The Morgan fingerprint density at radius 3 is 2.41 bits per heavy atom. The first-order valence-electron chi connectivity index (χ1n) is 5.46. The second-order valence-corrected chi connectivity index (χ2v) is 4.25. The molecule has 2 nitrogen and oxygen atoms in total. The molecule has 0 spiro atoms. The van der Waals surface area contributed by atoms with Crippen molar-refractivity contribution in [2.75, 3.05) is 0 Å². The summed E-state index contributed by atoms with van der Waals surface area (Å²) in [5.74, 6) is 0.0161. The molecule has 0 aromatic heterocycles. The van der Waals surface area contributed by atoms with Gasteiger partial charge in [-0.2, -0.15) is 0 Å². The molecule has 1 aliphatic rings. The van der Waals surface area contributed by atoms with E-state index in [0.717, 1.165) is 28.5 Å². The predicted molar refractivity (Wildman–Crippen MR) is 65.4 cm³/mol. The number of hydrogen-bond acceptors (Lipinski definition) is 2. The number of ketones is 1. The van der Waals surface area contributed by atoms with Gasteiger partial charge in [-0.3, -0.25) is 9.59 Å². The predicted octanol–water partition coefficient (Wildman–Crippen LogP) is 3.02. The van der Waals surface area contributed by atoms with Crippen LogP contribution in [0.4, 0.5) is 0 Å². The van der Waals surface area contributed by atoms with Gasteiger partial charge >= 0.3 is 0 Å². The van der Waals surface area contributed by atoms with Crippen molar-refractivity contribution in [1.29, 1.82) is 0 Å². The topological polar surface area (TPSA) is 34.1 Å². The van der Waals surface area contributed by atoms with Crippen LogP contribution >= 0.6 is 0 Å². The van der Waals surface area contributed by atoms with Crippen LogP contribution in [0.15, 0.2) is 36.4 Å². The van der Waals surface area contributed by atoms with Crippen LogP contribution in [0.3, 0.4) is 0 Å². The van der Waals surface area contributed by atoms with Crippen LogP contribution in [-0.4, -0.2) is 12.1 Å². The van der Waals surface area contributed by atoms with Crippen LogP contribution in [0.5, 0.6) is 0 Å². The first kappa shape index (κ1) is 9.97. The van der Waals surface area contributed by atoms with Crippen molar-refractivity contribution >= 4 is 12.1 Å². The van der Waals surface area contributed by atoms with Gasteiger partial charge in [0.1, 0.15) is 6.29 Å². The number of fused-ring (bicyclic) bond motifs is 3. The fourth-order valence-corrected chi connectivity index (χ4v) is 2.46. The van der Waals surface area contributed by atoms with Gasteiger partial charge in [-0.25, -0.2) is 0 Å². The number of aldehydes is 1. The Morgan fingerprint density at radius 2 is 1.71 bits per heavy atom. The Kier molecular flexibility index (Phi) is 1.99. The molecule has 0 heterocycles. The summed E-state index contributed by atoms with van der Waals surface area (Å²) in [5.41, 5.74) is 4.85. The molecule has 0 N–H and O–H groups in total. The lowest BCUT2D eigenvalue weighted by molar-refractivity contribution is 0.104. The molecule has 0 atom stereocenters. The molecule has 0 unspecified atom stereocenters. The Bertz CT molecular complexity index is 654. The summed E-state index contributed by atoms with van der Waals surface area (Å²) in [6, 6.07) is 11.1. The second-order valence-electron chi connectivity index (χ2n) is 4.25. The molecule has 82 valence electrons. The third-order valence-corrected chi connectivity index (χ3v) is 3.18. The molecular formula is C15H10O2. The van der Waals surface area contributed by atoms with Gasteiger partial charge in [0.25, 0.3) is 0 Å². The van der Waals surface area contributed by atoms with Gasteiger partial charge in [-0.15, -0.1) is 0 Å². The zero-order valence-electron chi connectivity index (χ0n) is 9.36. The summed E-state index contributed by atoms with van der Waals surface area (Å²) in [5, 5.41) is 0. The van der Waals surface area contributed by atoms with Crippen LogP contribution in [0, 0.1) is 6.92 Å². The van der Waals surface area contributed by atoms with E-state index in [-0.39, 0.29) is 5.78 Å². The van der Waals surface area contributed by atoms with E-state index in [9.17, 15) is 9.59 Å². The Morgan fingerprint density at radius 1 is 1.00 bits per heavy atom. The summed E-state index contributed by atoms with van der Waals surface area (Å²) < 4.78 is 0. The largest absolute Gasteiger partial charge is 0.298 e. The molecule has 1 aliphatic carbocycles. The number of carbonyl (C=O) groups excluding carboxylic acids is 2. The van der Waals surface area contributed by atoms with Crippen LogP contribution < -0.4 is 0 Å². The van der Waals surface area contributed by atoms with Gasteiger partial charge in [0.2, 0.25) is 0 Å². The van der Waals surface area contributed by atoms with Crippen molar-refractivity contribution < 1.29 is 9.59 Å². The third kappa shape index (κ3) is 1.27. The minimum Gasteiger partial charge on any atom is -0.298 e. The van der Waals surface area contributed by atoms with Crippen molar-refractivity contribution in [3.8, 4) is 11.1 Å². The minimum absolute atomic E-state index is 0.0161. The third-order valence-electron chi connectivity index (χ3n) is 3.18. The highest BCUT2D eigenvalue weighted by Gasteiger charge is 2.27. The maximum atomic E-state index is 12.2. The molecule has 0 amide bonds. The van der Waals surface area contributed by atoms with Gasteiger partial charge < -0.3 is 0 Å². The highest BCUT2D eigenvalue weighted by Crippen LogP contribution is 2.38. The molecule has 0 fully saturated rings. The summed E-state index contributed by atoms with van der Waals surface area (Å²) in [7, 11) is 0. The van der Waals surface area contributed by atoms with E-state index in [4.69, 9.17) is 0 Å². The van der Waals surface area contributed by atoms with Gasteiger partial charge in [0.15, 0.2) is 5.78 Å². The summed E-state index contributed by atoms with van der Waals surface area (Å²) in [6.07, 6.45) is 0.781. The van der Waals surface area contributed by atoms with Gasteiger partial charge in [-0.05, 0) is 35.7 Å². The zero-order chi connectivity index (χ0) is 12.0. The average molecular weight is 222 g/mol. The molecule has 2 aromatic rings. The fraction of sp³-hybridized carbons (Fsp3) is 0.0667. The van der Waals surface area contributed by atoms with Crippen molar-refractivity contribution in [3.63, 3.8) is 0 Å². The lowest BCUT2D eigenvalue weighted by atomic mass is 9.98. The number of aryl methyl sites for hydroxylation is 1. The smallest absolute Gasteiger partial charge is 0.194 e. The number of rotatable bonds is 1. The first-order chi connectivity index (χ1) is 8.22. The maximum Gasteiger partial charge on any atom is 0.194 e. The van der Waals surface area contributed by atoms with Crippen LogP contribution in [0.25, 0.3) is 11.1 Å². The van der Waals surface area contributed by atoms with Crippen molar-refractivity contribution in [2.45, 2.75) is 6.92 Å². The van der Waals surface area contributed by atoms with Crippen LogP contribution in [0.1, 0.15) is 31.8 Å². The average Bonchev–Trinajstić information content (AvgIpc) is 2.64. The van der Waals surface area contributed by atoms with E-state index in [1.165, 1.54) is 0 Å². The molecule has 0 radical (unpaired) electrons. The van der Waals surface area contributed by atoms with Gasteiger partial charge in [-0.1, -0.05) is 24.3 Å². The minimum atomic E-state index is 0.0161. The monoisotopic (exact) mass is 222 g/mol. The molecular weight excluding hydrogens is 212 g/mol. The highest BCUT2D eigenvalue weighted by molar-refractivity contribution is 6.22. The Labute approximate surface area is 98.9 Å². The molecule has 0 saturated carbocycles.